The lowest BCUT2D eigenvalue weighted by atomic mass is 10.0. The molecule has 1 amide bonds. The molecule has 2 aromatic rings. The van der Waals surface area contributed by atoms with Crippen molar-refractivity contribution in [1.82, 2.24) is 10.3 Å². The molecule has 2 rings (SSSR count). The number of aliphatic hydroxyl groups is 3. The molecule has 114 valence electrons. The molecule has 0 aliphatic carbocycles. The maximum absolute atomic E-state index is 12.3. The number of nitrogen functional groups attached to an aromatic ring is 1. The maximum Gasteiger partial charge on any atom is 0.264 e. The highest BCUT2D eigenvalue weighted by molar-refractivity contribution is 7.21. The van der Waals surface area contributed by atoms with Gasteiger partial charge in [-0.05, 0) is 18.6 Å². The first kappa shape index (κ1) is 15.6. The van der Waals surface area contributed by atoms with Crippen molar-refractivity contribution in [3.05, 3.63) is 22.7 Å². The topological polar surface area (TPSA) is 129 Å². The monoisotopic (exact) mass is 311 g/mol. The second-order valence-corrected chi connectivity index (χ2v) is 5.86. The first-order valence-electron chi connectivity index (χ1n) is 6.26. The number of hydrogen-bond acceptors (Lipinski definition) is 7. The first-order chi connectivity index (χ1) is 9.98. The van der Waals surface area contributed by atoms with E-state index in [-0.39, 0.29) is 4.88 Å². The largest absolute Gasteiger partial charge is 0.397 e. The molecule has 7 nitrogen and oxygen atoms in total. The van der Waals surface area contributed by atoms with E-state index in [1.807, 2.05) is 6.92 Å². The molecule has 0 unspecified atom stereocenters. The summed E-state index contributed by atoms with van der Waals surface area (Å²) in [7, 11) is 0. The van der Waals surface area contributed by atoms with E-state index in [1.54, 1.807) is 12.3 Å². The number of fused-ring (bicyclic) bond motifs is 1. The molecular formula is C13H17N3O4S. The van der Waals surface area contributed by atoms with Crippen LogP contribution in [-0.4, -0.2) is 51.6 Å². The summed E-state index contributed by atoms with van der Waals surface area (Å²) in [6.45, 7) is 0.101. The van der Waals surface area contributed by atoms with Gasteiger partial charge in [0.15, 0.2) is 0 Å². The van der Waals surface area contributed by atoms with Crippen molar-refractivity contribution < 1.29 is 20.1 Å². The number of nitrogens with one attached hydrogen (secondary N) is 1. The molecule has 2 heterocycles. The minimum absolute atomic E-state index is 0.242. The molecule has 0 spiro atoms. The van der Waals surface area contributed by atoms with Crippen LogP contribution in [-0.2, 0) is 0 Å². The zero-order valence-electron chi connectivity index (χ0n) is 11.5. The van der Waals surface area contributed by atoms with E-state index in [0.29, 0.717) is 10.5 Å². The molecule has 0 aliphatic rings. The number of aliphatic hydroxyl groups excluding tert-OH is 3. The molecule has 0 radical (unpaired) electrons. The van der Waals surface area contributed by atoms with Crippen LogP contribution in [0, 0.1) is 6.92 Å². The highest BCUT2D eigenvalue weighted by atomic mass is 32.1. The number of rotatable bonds is 5. The zero-order valence-corrected chi connectivity index (χ0v) is 12.3. The number of anilines is 1. The molecular weight excluding hydrogens is 294 g/mol. The molecule has 6 N–H and O–H groups in total. The fourth-order valence-electron chi connectivity index (χ4n) is 1.94. The normalized spacial score (nSPS) is 11.8. The third-order valence-electron chi connectivity index (χ3n) is 3.33. The van der Waals surface area contributed by atoms with Gasteiger partial charge in [-0.25, -0.2) is 4.98 Å². The lowest BCUT2D eigenvalue weighted by Crippen LogP contribution is -2.56. The van der Waals surface area contributed by atoms with Gasteiger partial charge in [0.1, 0.15) is 15.2 Å². The summed E-state index contributed by atoms with van der Waals surface area (Å²) in [4.78, 5) is 17.4. The zero-order chi connectivity index (χ0) is 15.6. The van der Waals surface area contributed by atoms with Crippen molar-refractivity contribution in [2.75, 3.05) is 25.6 Å². The fraction of sp³-hybridized carbons (Fsp3) is 0.385. The third-order valence-corrected chi connectivity index (χ3v) is 4.44. The number of amides is 1. The van der Waals surface area contributed by atoms with Crippen LogP contribution in [0.25, 0.3) is 10.2 Å². The van der Waals surface area contributed by atoms with Crippen LogP contribution in [0.3, 0.4) is 0 Å². The van der Waals surface area contributed by atoms with Crippen LogP contribution in [0.1, 0.15) is 15.2 Å². The number of nitrogens with two attached hydrogens (primary N) is 1. The Morgan fingerprint density at radius 3 is 2.52 bits per heavy atom. The number of aryl methyl sites for hydroxylation is 1. The minimum atomic E-state index is -1.48. The van der Waals surface area contributed by atoms with Gasteiger partial charge in [0.25, 0.3) is 5.91 Å². The van der Waals surface area contributed by atoms with Crippen molar-refractivity contribution in [3.63, 3.8) is 0 Å². The lowest BCUT2D eigenvalue weighted by molar-refractivity contribution is 0.0377. The second-order valence-electron chi connectivity index (χ2n) is 4.86. The Hall–Kier alpha value is -1.74. The number of nitrogens with zero attached hydrogens (tertiary/aromatic N) is 1. The number of carbonyl (C=O) groups excluding carboxylic acids is 1. The summed E-state index contributed by atoms with van der Waals surface area (Å²) < 4.78 is 0. The maximum atomic E-state index is 12.3. The smallest absolute Gasteiger partial charge is 0.264 e. The van der Waals surface area contributed by atoms with Crippen molar-refractivity contribution in [1.29, 1.82) is 0 Å². The number of aromatic nitrogens is 1. The molecule has 0 aliphatic heterocycles. The standard InChI is InChI=1S/C13H17N3O4S/c1-7-2-3-15-12-8(7)9(14)10(21-12)11(20)16-13(4-17,5-18)6-19/h2-3,17-19H,4-6,14H2,1H3,(H,16,20). The Bertz CT molecular complexity index is 658. The Morgan fingerprint density at radius 1 is 1.38 bits per heavy atom. The van der Waals surface area contributed by atoms with E-state index < -0.39 is 31.3 Å². The van der Waals surface area contributed by atoms with Gasteiger partial charge in [-0.1, -0.05) is 0 Å². The highest BCUT2D eigenvalue weighted by Gasteiger charge is 2.32. The predicted molar refractivity (Wildman–Crippen MR) is 80.2 cm³/mol. The number of hydrogen-bond donors (Lipinski definition) is 5. The molecule has 0 aromatic carbocycles. The van der Waals surface area contributed by atoms with Gasteiger partial charge in [0.05, 0.1) is 25.5 Å². The Balaban J connectivity index is 2.41. The summed E-state index contributed by atoms with van der Waals surface area (Å²) in [6, 6.07) is 1.80. The summed E-state index contributed by atoms with van der Waals surface area (Å²) in [5.74, 6) is -0.563. The minimum Gasteiger partial charge on any atom is -0.397 e. The Labute approximate surface area is 125 Å². The van der Waals surface area contributed by atoms with Crippen LogP contribution in [0.15, 0.2) is 12.3 Å². The van der Waals surface area contributed by atoms with Crippen molar-refractivity contribution >= 4 is 33.1 Å². The van der Waals surface area contributed by atoms with E-state index in [4.69, 9.17) is 5.73 Å². The Morgan fingerprint density at radius 2 is 2.00 bits per heavy atom. The average Bonchev–Trinajstić information content (AvgIpc) is 2.83. The molecule has 2 aromatic heterocycles. The van der Waals surface area contributed by atoms with Gasteiger partial charge in [-0.3, -0.25) is 4.79 Å². The van der Waals surface area contributed by atoms with Crippen molar-refractivity contribution in [2.45, 2.75) is 12.5 Å². The van der Waals surface area contributed by atoms with Gasteiger partial charge in [-0.15, -0.1) is 11.3 Å². The van der Waals surface area contributed by atoms with E-state index in [0.717, 1.165) is 22.3 Å². The summed E-state index contributed by atoms with van der Waals surface area (Å²) in [5.41, 5.74) is 5.74. The van der Waals surface area contributed by atoms with Gasteiger partial charge in [0.2, 0.25) is 0 Å². The van der Waals surface area contributed by atoms with Gasteiger partial charge in [0, 0.05) is 11.6 Å². The molecule has 0 saturated heterocycles. The number of carbonyl (C=O) groups is 1. The Kier molecular flexibility index (Phi) is 4.43. The average molecular weight is 311 g/mol. The molecule has 0 saturated carbocycles. The van der Waals surface area contributed by atoms with E-state index >= 15 is 0 Å². The SMILES string of the molecule is Cc1ccnc2sc(C(=O)NC(CO)(CO)CO)c(N)c12. The number of thiophene rings is 1. The summed E-state index contributed by atoms with van der Waals surface area (Å²) >= 11 is 1.13. The second kappa shape index (κ2) is 5.94. The summed E-state index contributed by atoms with van der Waals surface area (Å²) in [5, 5.41) is 30.9. The van der Waals surface area contributed by atoms with Crippen LogP contribution < -0.4 is 11.1 Å². The lowest BCUT2D eigenvalue weighted by Gasteiger charge is -2.28. The van der Waals surface area contributed by atoms with E-state index in [2.05, 4.69) is 10.3 Å². The predicted octanol–water partition coefficient (Wildman–Crippen LogP) is -0.368. The van der Waals surface area contributed by atoms with Gasteiger partial charge < -0.3 is 26.4 Å². The van der Waals surface area contributed by atoms with Crippen LogP contribution in [0.5, 0.6) is 0 Å². The van der Waals surface area contributed by atoms with Crippen molar-refractivity contribution in [3.8, 4) is 0 Å². The van der Waals surface area contributed by atoms with Crippen LogP contribution in [0.2, 0.25) is 0 Å². The van der Waals surface area contributed by atoms with E-state index in [9.17, 15) is 20.1 Å². The molecule has 21 heavy (non-hydrogen) atoms. The van der Waals surface area contributed by atoms with Gasteiger partial charge in [-0.2, -0.15) is 0 Å². The van der Waals surface area contributed by atoms with Crippen LogP contribution >= 0.6 is 11.3 Å². The van der Waals surface area contributed by atoms with E-state index in [1.165, 1.54) is 0 Å². The van der Waals surface area contributed by atoms with Crippen LogP contribution in [0.4, 0.5) is 5.69 Å². The number of pyridine rings is 1. The summed E-state index contributed by atoms with van der Waals surface area (Å²) in [6.07, 6.45) is 1.63. The molecule has 8 heteroatoms. The quantitative estimate of drug-likeness (QED) is 0.512. The highest BCUT2D eigenvalue weighted by Crippen LogP contribution is 2.34. The van der Waals surface area contributed by atoms with Crippen molar-refractivity contribution in [2.24, 2.45) is 0 Å². The fourth-order valence-corrected chi connectivity index (χ4v) is 2.97. The molecule has 0 fully saturated rings. The molecule has 0 atom stereocenters. The first-order valence-corrected chi connectivity index (χ1v) is 7.08. The third kappa shape index (κ3) is 2.70. The van der Waals surface area contributed by atoms with Gasteiger partial charge >= 0.3 is 0 Å². The molecule has 0 bridgehead atoms.